The van der Waals surface area contributed by atoms with E-state index in [1.807, 2.05) is 30.5 Å². The summed E-state index contributed by atoms with van der Waals surface area (Å²) in [5, 5.41) is 4.50. The molecule has 1 unspecified atom stereocenters. The number of para-hydroxylation sites is 1. The van der Waals surface area contributed by atoms with Gasteiger partial charge in [0.05, 0.1) is 5.52 Å². The predicted octanol–water partition coefficient (Wildman–Crippen LogP) is 2.92. The highest BCUT2D eigenvalue weighted by molar-refractivity contribution is 5.78. The van der Waals surface area contributed by atoms with Gasteiger partial charge in [0.15, 0.2) is 0 Å². The average molecular weight is 270 g/mol. The number of aromatic nitrogens is 2. The Balaban J connectivity index is 1.62. The first-order valence-electron chi connectivity index (χ1n) is 7.52. The van der Waals surface area contributed by atoms with Crippen LogP contribution in [-0.4, -0.2) is 40.5 Å². The number of rotatable bonds is 4. The number of fused-ring (bicyclic) bond motifs is 1. The molecule has 4 heteroatoms. The number of piperidine rings is 1. The second kappa shape index (κ2) is 6.18. The highest BCUT2D eigenvalue weighted by Crippen LogP contribution is 2.13. The van der Waals surface area contributed by atoms with Gasteiger partial charge in [-0.05, 0) is 38.9 Å². The fourth-order valence-electron chi connectivity index (χ4n) is 2.84. The van der Waals surface area contributed by atoms with Gasteiger partial charge in [0.1, 0.15) is 0 Å². The zero-order chi connectivity index (χ0) is 13.8. The molecule has 4 nitrogen and oxygen atoms in total. The zero-order valence-electron chi connectivity index (χ0n) is 12.0. The van der Waals surface area contributed by atoms with Gasteiger partial charge in [-0.25, -0.2) is 9.97 Å². The van der Waals surface area contributed by atoms with Gasteiger partial charge in [0.2, 0.25) is 5.95 Å². The number of nitrogens with zero attached hydrogens (tertiary/aromatic N) is 3. The molecule has 1 aromatic heterocycles. The normalized spacial score (nSPS) is 18.1. The van der Waals surface area contributed by atoms with E-state index in [2.05, 4.69) is 27.1 Å². The van der Waals surface area contributed by atoms with Crippen LogP contribution in [0.1, 0.15) is 26.2 Å². The molecule has 1 aromatic carbocycles. The summed E-state index contributed by atoms with van der Waals surface area (Å²) in [6, 6.07) is 8.45. The molecule has 0 amide bonds. The van der Waals surface area contributed by atoms with Gasteiger partial charge in [-0.3, -0.25) is 0 Å². The lowest BCUT2D eigenvalue weighted by molar-refractivity contribution is 0.223. The van der Waals surface area contributed by atoms with Crippen molar-refractivity contribution in [3.63, 3.8) is 0 Å². The molecule has 1 fully saturated rings. The van der Waals surface area contributed by atoms with E-state index >= 15 is 0 Å². The van der Waals surface area contributed by atoms with Crippen molar-refractivity contribution in [3.05, 3.63) is 30.5 Å². The summed E-state index contributed by atoms with van der Waals surface area (Å²) in [6.45, 7) is 5.72. The van der Waals surface area contributed by atoms with Crippen LogP contribution in [-0.2, 0) is 0 Å². The molecule has 0 aliphatic carbocycles. The topological polar surface area (TPSA) is 41.0 Å². The van der Waals surface area contributed by atoms with Crippen LogP contribution in [0.25, 0.3) is 10.9 Å². The SMILES string of the molecule is CC(CN1CCCCC1)Nc1ncc2ccccc2n1. The molecule has 1 atom stereocenters. The van der Waals surface area contributed by atoms with Crippen molar-refractivity contribution in [3.8, 4) is 0 Å². The molecule has 0 saturated carbocycles. The Hall–Kier alpha value is -1.68. The van der Waals surface area contributed by atoms with Crippen LogP contribution in [0.4, 0.5) is 5.95 Å². The molecule has 0 radical (unpaired) electrons. The van der Waals surface area contributed by atoms with Gasteiger partial charge in [-0.15, -0.1) is 0 Å². The summed E-state index contributed by atoms with van der Waals surface area (Å²) < 4.78 is 0. The molecule has 20 heavy (non-hydrogen) atoms. The van der Waals surface area contributed by atoms with E-state index in [1.54, 1.807) is 0 Å². The van der Waals surface area contributed by atoms with Crippen molar-refractivity contribution in [2.75, 3.05) is 25.0 Å². The number of hydrogen-bond donors (Lipinski definition) is 1. The highest BCUT2D eigenvalue weighted by Gasteiger charge is 2.13. The van der Waals surface area contributed by atoms with Gasteiger partial charge in [-0.1, -0.05) is 24.6 Å². The third kappa shape index (κ3) is 3.25. The number of anilines is 1. The van der Waals surface area contributed by atoms with Crippen LogP contribution in [0, 0.1) is 0 Å². The third-order valence-electron chi connectivity index (χ3n) is 3.85. The summed E-state index contributed by atoms with van der Waals surface area (Å²) >= 11 is 0. The molecule has 3 rings (SSSR count). The molecular formula is C16H22N4. The van der Waals surface area contributed by atoms with E-state index in [9.17, 15) is 0 Å². The van der Waals surface area contributed by atoms with Gasteiger partial charge in [-0.2, -0.15) is 0 Å². The maximum atomic E-state index is 4.57. The summed E-state index contributed by atoms with van der Waals surface area (Å²) in [6.07, 6.45) is 5.93. The number of benzene rings is 1. The quantitative estimate of drug-likeness (QED) is 0.927. The molecular weight excluding hydrogens is 248 g/mol. The molecule has 0 spiro atoms. The monoisotopic (exact) mass is 270 g/mol. The van der Waals surface area contributed by atoms with Crippen molar-refractivity contribution in [2.24, 2.45) is 0 Å². The lowest BCUT2D eigenvalue weighted by Crippen LogP contribution is -2.38. The van der Waals surface area contributed by atoms with Crippen molar-refractivity contribution < 1.29 is 0 Å². The summed E-state index contributed by atoms with van der Waals surface area (Å²) in [4.78, 5) is 11.5. The Morgan fingerprint density at radius 3 is 2.85 bits per heavy atom. The molecule has 106 valence electrons. The van der Waals surface area contributed by atoms with Crippen molar-refractivity contribution in [1.82, 2.24) is 14.9 Å². The molecule has 1 saturated heterocycles. The largest absolute Gasteiger partial charge is 0.350 e. The molecule has 0 bridgehead atoms. The van der Waals surface area contributed by atoms with Crippen LogP contribution in [0.15, 0.2) is 30.5 Å². The van der Waals surface area contributed by atoms with E-state index in [0.717, 1.165) is 23.4 Å². The van der Waals surface area contributed by atoms with E-state index < -0.39 is 0 Å². The van der Waals surface area contributed by atoms with Crippen molar-refractivity contribution in [2.45, 2.75) is 32.2 Å². The Morgan fingerprint density at radius 1 is 1.20 bits per heavy atom. The van der Waals surface area contributed by atoms with E-state index in [1.165, 1.54) is 32.4 Å². The van der Waals surface area contributed by atoms with Gasteiger partial charge in [0.25, 0.3) is 0 Å². The Morgan fingerprint density at radius 2 is 2.00 bits per heavy atom. The fourth-order valence-corrected chi connectivity index (χ4v) is 2.84. The van der Waals surface area contributed by atoms with Gasteiger partial charge in [0, 0.05) is 24.2 Å². The van der Waals surface area contributed by atoms with Crippen LogP contribution in [0.3, 0.4) is 0 Å². The highest BCUT2D eigenvalue weighted by atomic mass is 15.2. The van der Waals surface area contributed by atoms with Crippen LogP contribution >= 0.6 is 0 Å². The number of hydrogen-bond acceptors (Lipinski definition) is 4. The van der Waals surface area contributed by atoms with Gasteiger partial charge >= 0.3 is 0 Å². The summed E-state index contributed by atoms with van der Waals surface area (Å²) in [7, 11) is 0. The van der Waals surface area contributed by atoms with E-state index in [0.29, 0.717) is 6.04 Å². The Kier molecular flexibility index (Phi) is 4.11. The molecule has 2 heterocycles. The molecule has 1 aliphatic rings. The second-order valence-electron chi connectivity index (χ2n) is 5.66. The Bertz CT molecular complexity index is 563. The van der Waals surface area contributed by atoms with Crippen LogP contribution in [0.5, 0.6) is 0 Å². The minimum atomic E-state index is 0.370. The molecule has 1 aliphatic heterocycles. The Labute approximate surface area is 120 Å². The van der Waals surface area contributed by atoms with Crippen molar-refractivity contribution in [1.29, 1.82) is 0 Å². The summed E-state index contributed by atoms with van der Waals surface area (Å²) in [5.74, 6) is 0.730. The lowest BCUT2D eigenvalue weighted by atomic mass is 10.1. The first-order chi connectivity index (χ1) is 9.81. The number of likely N-dealkylation sites (tertiary alicyclic amines) is 1. The average Bonchev–Trinajstić information content (AvgIpc) is 2.48. The smallest absolute Gasteiger partial charge is 0.223 e. The van der Waals surface area contributed by atoms with E-state index in [-0.39, 0.29) is 0 Å². The maximum absolute atomic E-state index is 4.57. The first kappa shape index (κ1) is 13.3. The van der Waals surface area contributed by atoms with E-state index in [4.69, 9.17) is 0 Å². The zero-order valence-corrected chi connectivity index (χ0v) is 12.0. The van der Waals surface area contributed by atoms with Crippen molar-refractivity contribution >= 4 is 16.9 Å². The molecule has 1 N–H and O–H groups in total. The predicted molar refractivity (Wildman–Crippen MR) is 82.9 cm³/mol. The minimum absolute atomic E-state index is 0.370. The minimum Gasteiger partial charge on any atom is -0.350 e. The summed E-state index contributed by atoms with van der Waals surface area (Å²) in [5.41, 5.74) is 0.996. The van der Waals surface area contributed by atoms with Gasteiger partial charge < -0.3 is 10.2 Å². The first-order valence-corrected chi connectivity index (χ1v) is 7.52. The second-order valence-corrected chi connectivity index (χ2v) is 5.66. The lowest BCUT2D eigenvalue weighted by Gasteiger charge is -2.29. The fraction of sp³-hybridized carbons (Fsp3) is 0.500. The third-order valence-corrected chi connectivity index (χ3v) is 3.85. The van der Waals surface area contributed by atoms with Crippen LogP contribution in [0.2, 0.25) is 0 Å². The number of nitrogens with one attached hydrogen (secondary N) is 1. The molecule has 2 aromatic rings. The standard InChI is InChI=1S/C16H22N4/c1-13(12-20-9-5-2-6-10-20)18-16-17-11-14-7-3-4-8-15(14)19-16/h3-4,7-8,11,13H,2,5-6,9-10,12H2,1H3,(H,17,18,19). The van der Waals surface area contributed by atoms with Crippen LogP contribution < -0.4 is 5.32 Å². The maximum Gasteiger partial charge on any atom is 0.223 e.